The number of carbonyl (C=O) groups is 1. The summed E-state index contributed by atoms with van der Waals surface area (Å²) in [6.45, 7) is 3.78. The van der Waals surface area contributed by atoms with Gasteiger partial charge < -0.3 is 16.4 Å². The summed E-state index contributed by atoms with van der Waals surface area (Å²) >= 11 is 0. The fourth-order valence-corrected chi connectivity index (χ4v) is 1.94. The Hall–Kier alpha value is -2.56. The molecule has 0 heterocycles. The van der Waals surface area contributed by atoms with Crippen molar-refractivity contribution in [3.8, 4) is 0 Å². The van der Waals surface area contributed by atoms with Crippen molar-refractivity contribution in [2.24, 2.45) is 0 Å². The first-order valence-electron chi connectivity index (χ1n) is 6.65. The molecule has 0 spiro atoms. The van der Waals surface area contributed by atoms with E-state index in [-0.39, 0.29) is 6.04 Å². The van der Waals surface area contributed by atoms with Crippen molar-refractivity contribution in [3.05, 3.63) is 59.4 Å². The molecular formula is C16H18FN3O. The first-order chi connectivity index (χ1) is 9.95. The predicted molar refractivity (Wildman–Crippen MR) is 82.6 cm³/mol. The van der Waals surface area contributed by atoms with E-state index in [0.29, 0.717) is 11.4 Å². The number of benzene rings is 2. The fraction of sp³-hybridized carbons (Fsp3) is 0.188. The first-order valence-corrected chi connectivity index (χ1v) is 6.65. The van der Waals surface area contributed by atoms with Crippen molar-refractivity contribution >= 4 is 17.4 Å². The summed E-state index contributed by atoms with van der Waals surface area (Å²) in [5.74, 6) is -0.396. The molecule has 0 saturated carbocycles. The zero-order valence-electron chi connectivity index (χ0n) is 12.0. The Labute approximate surface area is 123 Å². The van der Waals surface area contributed by atoms with Gasteiger partial charge >= 0.3 is 6.03 Å². The van der Waals surface area contributed by atoms with E-state index in [9.17, 15) is 9.18 Å². The number of nitrogen functional groups attached to an aromatic ring is 1. The van der Waals surface area contributed by atoms with Crippen LogP contribution in [0.1, 0.15) is 24.1 Å². The van der Waals surface area contributed by atoms with Crippen LogP contribution in [0.2, 0.25) is 0 Å². The molecule has 0 bridgehead atoms. The SMILES string of the molecule is Cc1ccc([C@H](C)NC(=O)Nc2cccc(F)c2)cc1N. The molecule has 5 heteroatoms. The standard InChI is InChI=1S/C16H18FN3O/c1-10-6-7-12(8-15(10)18)11(2)19-16(21)20-14-5-3-4-13(17)9-14/h3-9,11H,18H2,1-2H3,(H2,19,20,21)/t11-/m0/s1. The minimum Gasteiger partial charge on any atom is -0.399 e. The maximum absolute atomic E-state index is 13.0. The number of urea groups is 1. The molecule has 110 valence electrons. The van der Waals surface area contributed by atoms with Crippen LogP contribution >= 0.6 is 0 Å². The lowest BCUT2D eigenvalue weighted by Crippen LogP contribution is -2.31. The van der Waals surface area contributed by atoms with Crippen molar-refractivity contribution in [2.75, 3.05) is 11.1 Å². The smallest absolute Gasteiger partial charge is 0.319 e. The molecule has 4 nitrogen and oxygen atoms in total. The van der Waals surface area contributed by atoms with Crippen molar-refractivity contribution in [2.45, 2.75) is 19.9 Å². The Morgan fingerprint density at radius 2 is 2.00 bits per heavy atom. The molecular weight excluding hydrogens is 269 g/mol. The summed E-state index contributed by atoms with van der Waals surface area (Å²) in [4.78, 5) is 11.9. The zero-order chi connectivity index (χ0) is 15.4. The third-order valence-corrected chi connectivity index (χ3v) is 3.23. The summed E-state index contributed by atoms with van der Waals surface area (Å²) in [5.41, 5.74) is 8.86. The summed E-state index contributed by atoms with van der Waals surface area (Å²) < 4.78 is 13.0. The number of anilines is 2. The Kier molecular flexibility index (Phi) is 4.42. The second-order valence-corrected chi connectivity index (χ2v) is 4.95. The van der Waals surface area contributed by atoms with Crippen LogP contribution in [0.15, 0.2) is 42.5 Å². The molecule has 0 radical (unpaired) electrons. The molecule has 2 rings (SSSR count). The topological polar surface area (TPSA) is 67.2 Å². The van der Waals surface area contributed by atoms with E-state index in [1.165, 1.54) is 18.2 Å². The highest BCUT2D eigenvalue weighted by Crippen LogP contribution is 2.19. The van der Waals surface area contributed by atoms with Crippen LogP contribution in [0.3, 0.4) is 0 Å². The third-order valence-electron chi connectivity index (χ3n) is 3.23. The van der Waals surface area contributed by atoms with Gasteiger partial charge in [0.2, 0.25) is 0 Å². The quantitative estimate of drug-likeness (QED) is 0.755. The predicted octanol–water partition coefficient (Wildman–Crippen LogP) is 3.60. The summed E-state index contributed by atoms with van der Waals surface area (Å²) in [6.07, 6.45) is 0. The highest BCUT2D eigenvalue weighted by atomic mass is 19.1. The molecule has 0 unspecified atom stereocenters. The van der Waals surface area contributed by atoms with E-state index in [1.807, 2.05) is 32.0 Å². The van der Waals surface area contributed by atoms with Crippen molar-refractivity contribution < 1.29 is 9.18 Å². The number of aryl methyl sites for hydroxylation is 1. The van der Waals surface area contributed by atoms with Crippen LogP contribution in [0.5, 0.6) is 0 Å². The van der Waals surface area contributed by atoms with Crippen molar-refractivity contribution in [1.29, 1.82) is 0 Å². The number of hydrogen-bond acceptors (Lipinski definition) is 2. The van der Waals surface area contributed by atoms with Gasteiger partial charge in [-0.2, -0.15) is 0 Å². The van der Waals surface area contributed by atoms with E-state index in [1.54, 1.807) is 6.07 Å². The normalized spacial score (nSPS) is 11.8. The Morgan fingerprint density at radius 1 is 1.24 bits per heavy atom. The van der Waals surface area contributed by atoms with E-state index < -0.39 is 11.8 Å². The first kappa shape index (κ1) is 14.8. The lowest BCUT2D eigenvalue weighted by atomic mass is 10.1. The fourth-order valence-electron chi connectivity index (χ4n) is 1.94. The van der Waals surface area contributed by atoms with Gasteiger partial charge in [0, 0.05) is 11.4 Å². The molecule has 2 amide bonds. The second-order valence-electron chi connectivity index (χ2n) is 4.95. The van der Waals surface area contributed by atoms with Gasteiger partial charge in [0.1, 0.15) is 5.82 Å². The molecule has 0 fully saturated rings. The molecule has 4 N–H and O–H groups in total. The van der Waals surface area contributed by atoms with Crippen molar-refractivity contribution in [1.82, 2.24) is 5.32 Å². The van der Waals surface area contributed by atoms with Gasteiger partial charge in [0.15, 0.2) is 0 Å². The number of nitrogens with one attached hydrogen (secondary N) is 2. The van der Waals surface area contributed by atoms with Gasteiger partial charge in [-0.3, -0.25) is 0 Å². The maximum atomic E-state index is 13.0. The van der Waals surface area contributed by atoms with Crippen LogP contribution < -0.4 is 16.4 Å². The lowest BCUT2D eigenvalue weighted by Gasteiger charge is -2.16. The van der Waals surface area contributed by atoms with Crippen LogP contribution in [0.4, 0.5) is 20.6 Å². The van der Waals surface area contributed by atoms with Gasteiger partial charge in [-0.1, -0.05) is 18.2 Å². The Bertz CT molecular complexity index is 658. The summed E-state index contributed by atoms with van der Waals surface area (Å²) in [5, 5.41) is 5.37. The number of nitrogens with two attached hydrogens (primary N) is 1. The Morgan fingerprint density at radius 3 is 2.67 bits per heavy atom. The van der Waals surface area contributed by atoms with Gasteiger partial charge in [-0.05, 0) is 49.2 Å². The molecule has 0 aliphatic rings. The average molecular weight is 287 g/mol. The number of amides is 2. The number of hydrogen-bond donors (Lipinski definition) is 3. The van der Waals surface area contributed by atoms with Gasteiger partial charge in [0.25, 0.3) is 0 Å². The highest BCUT2D eigenvalue weighted by molar-refractivity contribution is 5.89. The van der Waals surface area contributed by atoms with E-state index in [2.05, 4.69) is 10.6 Å². The zero-order valence-corrected chi connectivity index (χ0v) is 12.0. The minimum atomic E-state index is -0.396. The van der Waals surface area contributed by atoms with Gasteiger partial charge in [0.05, 0.1) is 6.04 Å². The van der Waals surface area contributed by atoms with Crippen molar-refractivity contribution in [3.63, 3.8) is 0 Å². The van der Waals surface area contributed by atoms with Crippen LogP contribution in [0.25, 0.3) is 0 Å². The monoisotopic (exact) mass is 287 g/mol. The number of rotatable bonds is 3. The molecule has 0 aliphatic heterocycles. The van der Waals surface area contributed by atoms with Crippen LogP contribution in [-0.2, 0) is 0 Å². The lowest BCUT2D eigenvalue weighted by molar-refractivity contribution is 0.249. The van der Waals surface area contributed by atoms with E-state index >= 15 is 0 Å². The molecule has 0 aromatic heterocycles. The van der Waals surface area contributed by atoms with E-state index in [4.69, 9.17) is 5.73 Å². The summed E-state index contributed by atoms with van der Waals surface area (Å²) in [6, 6.07) is 10.8. The van der Waals surface area contributed by atoms with Crippen LogP contribution in [0, 0.1) is 12.7 Å². The van der Waals surface area contributed by atoms with Crippen LogP contribution in [-0.4, -0.2) is 6.03 Å². The average Bonchev–Trinajstić information content (AvgIpc) is 2.41. The molecule has 0 saturated heterocycles. The van der Waals surface area contributed by atoms with E-state index in [0.717, 1.165) is 11.1 Å². The Balaban J connectivity index is 2.00. The molecule has 2 aromatic carbocycles. The third kappa shape index (κ3) is 3.95. The number of halogens is 1. The second kappa shape index (κ2) is 6.26. The molecule has 1 atom stereocenters. The highest BCUT2D eigenvalue weighted by Gasteiger charge is 2.10. The molecule has 2 aromatic rings. The molecule has 21 heavy (non-hydrogen) atoms. The summed E-state index contributed by atoms with van der Waals surface area (Å²) in [7, 11) is 0. The number of carbonyl (C=O) groups excluding carboxylic acids is 1. The molecule has 0 aliphatic carbocycles. The largest absolute Gasteiger partial charge is 0.399 e. The van der Waals surface area contributed by atoms with Gasteiger partial charge in [-0.25, -0.2) is 9.18 Å². The minimum absolute atomic E-state index is 0.207. The van der Waals surface area contributed by atoms with Gasteiger partial charge in [-0.15, -0.1) is 0 Å². The maximum Gasteiger partial charge on any atom is 0.319 e.